The molecule has 0 bridgehead atoms. The molecule has 4 amide bonds. The molecule has 2 aliphatic heterocycles. The number of carbonyl (C=O) groups is 3. The van der Waals surface area contributed by atoms with Gasteiger partial charge >= 0.3 is 6.03 Å². The molecule has 3 aromatic rings. The number of benzene rings is 3. The van der Waals surface area contributed by atoms with E-state index in [2.05, 4.69) is 23.5 Å². The summed E-state index contributed by atoms with van der Waals surface area (Å²) >= 11 is 12.4. The molecular weight excluding hydrogens is 613 g/mol. The lowest BCUT2D eigenvalue weighted by atomic mass is 9.99. The number of hydrogen-bond donors (Lipinski definition) is 1. The number of nitrogens with zero attached hydrogens (tertiary/aromatic N) is 4. The van der Waals surface area contributed by atoms with Crippen LogP contribution in [0.25, 0.3) is 10.8 Å². The number of alkyl halides is 2. The molecule has 234 valence electrons. The molecule has 3 aliphatic rings. The van der Waals surface area contributed by atoms with Crippen LogP contribution in [0.4, 0.5) is 4.79 Å². The molecule has 4 atom stereocenters. The van der Waals surface area contributed by atoms with Gasteiger partial charge in [-0.25, -0.2) is 4.79 Å². The van der Waals surface area contributed by atoms with Gasteiger partial charge in [-0.2, -0.15) is 5.01 Å². The van der Waals surface area contributed by atoms with Gasteiger partial charge in [0, 0.05) is 26.6 Å². The summed E-state index contributed by atoms with van der Waals surface area (Å²) in [7, 11) is 3.24. The lowest BCUT2D eigenvalue weighted by Crippen LogP contribution is -2.65. The van der Waals surface area contributed by atoms with Crippen LogP contribution in [0.2, 0.25) is 0 Å². The molecule has 0 saturated carbocycles. The van der Waals surface area contributed by atoms with E-state index in [9.17, 15) is 14.4 Å². The Morgan fingerprint density at radius 2 is 1.78 bits per heavy atom. The zero-order valence-corrected chi connectivity index (χ0v) is 26.6. The lowest BCUT2D eigenvalue weighted by Gasteiger charge is -2.46. The van der Waals surface area contributed by atoms with E-state index in [0.717, 1.165) is 27.5 Å². The summed E-state index contributed by atoms with van der Waals surface area (Å²) in [6, 6.07) is 20.6. The van der Waals surface area contributed by atoms with Gasteiger partial charge in [-0.05, 0) is 39.6 Å². The number of halogens is 2. The highest BCUT2D eigenvalue weighted by molar-refractivity contribution is 6.31. The van der Waals surface area contributed by atoms with Crippen LogP contribution in [0.1, 0.15) is 11.1 Å². The van der Waals surface area contributed by atoms with Crippen LogP contribution in [0.5, 0.6) is 5.75 Å². The van der Waals surface area contributed by atoms with E-state index in [-0.39, 0.29) is 48.2 Å². The Balaban J connectivity index is 1.26. The summed E-state index contributed by atoms with van der Waals surface area (Å²) in [6.45, 7) is 0.866. The molecule has 0 spiro atoms. The highest BCUT2D eigenvalue weighted by Crippen LogP contribution is 2.31. The van der Waals surface area contributed by atoms with E-state index >= 15 is 0 Å². The van der Waals surface area contributed by atoms with Gasteiger partial charge in [0.1, 0.15) is 18.0 Å². The second-order valence-electron chi connectivity index (χ2n) is 11.5. The van der Waals surface area contributed by atoms with Gasteiger partial charge in [0.05, 0.1) is 31.0 Å². The first-order valence-corrected chi connectivity index (χ1v) is 15.8. The summed E-state index contributed by atoms with van der Waals surface area (Å²) in [6.07, 6.45) is 5.28. The number of urea groups is 1. The van der Waals surface area contributed by atoms with Crippen LogP contribution < -0.4 is 10.1 Å². The van der Waals surface area contributed by atoms with Gasteiger partial charge < -0.3 is 19.9 Å². The molecule has 2 heterocycles. The summed E-state index contributed by atoms with van der Waals surface area (Å²) < 4.78 is 5.31. The van der Waals surface area contributed by atoms with Crippen molar-refractivity contribution in [1.82, 2.24) is 25.1 Å². The van der Waals surface area contributed by atoms with Crippen molar-refractivity contribution < 1.29 is 19.1 Å². The van der Waals surface area contributed by atoms with E-state index in [1.54, 1.807) is 30.1 Å². The molecule has 0 aromatic heterocycles. The highest BCUT2D eigenvalue weighted by Gasteiger charge is 2.51. The third-order valence-corrected chi connectivity index (χ3v) is 9.63. The zero-order chi connectivity index (χ0) is 31.7. The average Bonchev–Trinajstić information content (AvgIpc) is 3.38. The normalized spacial score (nSPS) is 23.2. The van der Waals surface area contributed by atoms with Gasteiger partial charge in [0.15, 0.2) is 0 Å². The summed E-state index contributed by atoms with van der Waals surface area (Å²) in [5, 5.41) is 7.61. The van der Waals surface area contributed by atoms with Crippen molar-refractivity contribution >= 4 is 51.8 Å². The van der Waals surface area contributed by atoms with Crippen LogP contribution >= 0.6 is 23.2 Å². The number of fused-ring (bicyclic) bond motifs is 2. The monoisotopic (exact) mass is 647 g/mol. The first-order chi connectivity index (χ1) is 21.7. The minimum Gasteiger partial charge on any atom is -0.497 e. The summed E-state index contributed by atoms with van der Waals surface area (Å²) in [4.78, 5) is 44.6. The Labute approximate surface area is 272 Å². The maximum atomic E-state index is 14.2. The fourth-order valence-corrected chi connectivity index (χ4v) is 6.66. The predicted octanol–water partition coefficient (Wildman–Crippen LogP) is 4.54. The minimum absolute atomic E-state index is 0.0244. The van der Waals surface area contributed by atoms with Crippen molar-refractivity contribution in [3.05, 3.63) is 102 Å². The van der Waals surface area contributed by atoms with Crippen LogP contribution in [-0.4, -0.2) is 94.4 Å². The van der Waals surface area contributed by atoms with Crippen molar-refractivity contribution in [2.24, 2.45) is 0 Å². The van der Waals surface area contributed by atoms with Crippen LogP contribution in [0, 0.1) is 0 Å². The average molecular weight is 649 g/mol. The summed E-state index contributed by atoms with van der Waals surface area (Å²) in [5.41, 5.74) is 2.77. The van der Waals surface area contributed by atoms with Crippen LogP contribution in [-0.2, 0) is 22.6 Å². The molecule has 45 heavy (non-hydrogen) atoms. The highest BCUT2D eigenvalue weighted by atomic mass is 35.5. The third kappa shape index (κ3) is 6.38. The Morgan fingerprint density at radius 3 is 2.53 bits per heavy atom. The molecule has 6 rings (SSSR count). The maximum absolute atomic E-state index is 14.2. The van der Waals surface area contributed by atoms with Crippen molar-refractivity contribution in [2.75, 3.05) is 33.8 Å². The molecule has 9 nitrogen and oxygen atoms in total. The van der Waals surface area contributed by atoms with E-state index in [1.807, 2.05) is 65.6 Å². The zero-order valence-electron chi connectivity index (χ0n) is 25.1. The number of allylic oxidation sites excluding steroid dienone is 2. The van der Waals surface area contributed by atoms with Crippen molar-refractivity contribution in [3.8, 4) is 5.75 Å². The molecular formula is C34H35Cl2N5O4. The van der Waals surface area contributed by atoms with Crippen LogP contribution in [0.3, 0.4) is 0 Å². The number of ether oxygens (including phenoxy) is 1. The molecule has 1 N–H and O–H groups in total. The predicted molar refractivity (Wildman–Crippen MR) is 175 cm³/mol. The number of hydrogen-bond acceptors (Lipinski definition) is 5. The fourth-order valence-electron chi connectivity index (χ4n) is 6.27. The standard InChI is InChI=1S/C34H35Cl2N5O4/c1-38(34(44)37-18-23-12-15-28(35)29(36)16-23)40-21-32(42)41-30(17-22-10-13-26(45-2)14-11-22)33(43)39(20-31(40)41)19-25-8-5-7-24-6-3-4-9-27(24)25/h3-16,28-31H,17-21H2,1-2H3,(H,37,44)/t28?,29?,30-,31+/m0/s1. The maximum Gasteiger partial charge on any atom is 0.332 e. The second kappa shape index (κ2) is 13.1. The molecule has 3 aromatic carbocycles. The molecule has 11 heteroatoms. The smallest absolute Gasteiger partial charge is 0.332 e. The quantitative estimate of drug-likeness (QED) is 0.363. The number of amides is 4. The Morgan fingerprint density at radius 1 is 1.02 bits per heavy atom. The number of carbonyl (C=O) groups excluding carboxylic acids is 3. The van der Waals surface area contributed by atoms with Gasteiger partial charge in [-0.1, -0.05) is 72.8 Å². The fraction of sp³-hybridized carbons (Fsp3) is 0.324. The van der Waals surface area contributed by atoms with Crippen molar-refractivity contribution in [3.63, 3.8) is 0 Å². The molecule has 2 saturated heterocycles. The molecule has 0 radical (unpaired) electrons. The first-order valence-electron chi connectivity index (χ1n) is 14.9. The Kier molecular flexibility index (Phi) is 9.03. The number of hydrazine groups is 1. The first kappa shape index (κ1) is 31.0. The van der Waals surface area contributed by atoms with E-state index in [0.29, 0.717) is 18.7 Å². The molecule has 2 unspecified atom stereocenters. The topological polar surface area (TPSA) is 85.4 Å². The van der Waals surface area contributed by atoms with Gasteiger partial charge in [0.25, 0.3) is 0 Å². The molecule has 2 fully saturated rings. The van der Waals surface area contributed by atoms with E-state index < -0.39 is 12.2 Å². The number of piperazine rings is 1. The molecule has 1 aliphatic carbocycles. The number of nitrogens with one attached hydrogen (secondary N) is 1. The summed E-state index contributed by atoms with van der Waals surface area (Å²) in [5.74, 6) is 0.387. The van der Waals surface area contributed by atoms with E-state index in [4.69, 9.17) is 27.9 Å². The van der Waals surface area contributed by atoms with Gasteiger partial charge in [-0.3, -0.25) is 14.6 Å². The largest absolute Gasteiger partial charge is 0.497 e. The SMILES string of the molecule is COc1ccc(C[C@H]2C(=O)N(Cc3cccc4ccccc34)C[C@H]3N2C(=O)CN3N(C)C(=O)NCC2=CC(Cl)C(Cl)C=C2)cc1. The van der Waals surface area contributed by atoms with E-state index in [1.165, 1.54) is 5.01 Å². The third-order valence-electron chi connectivity index (χ3n) is 8.69. The number of methoxy groups -OCH3 is 1. The Hall–Kier alpha value is -4.05. The van der Waals surface area contributed by atoms with Crippen LogP contribution in [0.15, 0.2) is 90.5 Å². The van der Waals surface area contributed by atoms with Crippen molar-refractivity contribution in [2.45, 2.75) is 35.9 Å². The lowest BCUT2D eigenvalue weighted by molar-refractivity contribution is -0.157. The van der Waals surface area contributed by atoms with Gasteiger partial charge in [0.2, 0.25) is 11.8 Å². The minimum atomic E-state index is -0.734. The van der Waals surface area contributed by atoms with Gasteiger partial charge in [-0.15, -0.1) is 23.2 Å². The second-order valence-corrected chi connectivity index (χ2v) is 12.5. The van der Waals surface area contributed by atoms with Crippen molar-refractivity contribution in [1.29, 1.82) is 0 Å². The Bertz CT molecular complexity index is 1660. The number of rotatable bonds is 8.